The molecule has 6 rings (SSSR count). The van der Waals surface area contributed by atoms with Gasteiger partial charge in [-0.15, -0.1) is 20.0 Å². The lowest BCUT2D eigenvalue weighted by Gasteiger charge is -2.32. The van der Waals surface area contributed by atoms with Crippen LogP contribution in [-0.2, 0) is 12.8 Å². The third-order valence-electron chi connectivity index (χ3n) is 7.44. The maximum absolute atomic E-state index is 13.5. The molecular weight excluding hydrogens is 662 g/mol. The molecule has 11 heteroatoms. The summed E-state index contributed by atoms with van der Waals surface area (Å²) >= 11 is 1.84. The predicted octanol–water partition coefficient (Wildman–Crippen LogP) is 8.33. The van der Waals surface area contributed by atoms with E-state index in [0.29, 0.717) is 29.3 Å². The molecule has 2 atom stereocenters. The van der Waals surface area contributed by atoms with Crippen LogP contribution in [-0.4, -0.2) is 44.7 Å². The number of thiol groups is 1. The molecule has 0 radical (unpaired) electrons. The van der Waals surface area contributed by atoms with Crippen molar-refractivity contribution in [3.8, 4) is 17.0 Å². The van der Waals surface area contributed by atoms with Gasteiger partial charge in [-0.05, 0) is 82.9 Å². The summed E-state index contributed by atoms with van der Waals surface area (Å²) in [6, 6.07) is 17.5. The van der Waals surface area contributed by atoms with Crippen LogP contribution in [0.4, 0.5) is 19.1 Å². The molecule has 4 heterocycles. The summed E-state index contributed by atoms with van der Waals surface area (Å²) in [6.45, 7) is 6.36. The molecule has 2 aromatic carbocycles. The van der Waals surface area contributed by atoms with Gasteiger partial charge in [-0.25, -0.2) is 0 Å². The Kier molecular flexibility index (Phi) is 11.2. The Balaban J connectivity index is 0.000000929. The standard InChI is InChI=1S/C28H28F3N5O.C2H6.HIS/c29-28(30,31)20-11-12-21(25(17-20)37-18-19-7-2-1-3-8-19)26-24-10-6-15-36(24)27(34-33-26)32-22-13-16-35-14-5-4-9-23(22)35;2*1-2/h1-3,6-8,10-12,15,17,22-23H,4-5,9,13-14,16,18H2,(H,32,34);1-2H3;2H. The molecule has 1 N–H and O–H groups in total. The Hall–Kier alpha value is -2.51. The number of rotatable bonds is 6. The first kappa shape index (κ1) is 31.4. The molecule has 2 aromatic heterocycles. The van der Waals surface area contributed by atoms with E-state index in [1.807, 2.05) is 88.1 Å². The van der Waals surface area contributed by atoms with Crippen LogP contribution in [0, 0.1) is 0 Å². The lowest BCUT2D eigenvalue weighted by atomic mass is 9.99. The van der Waals surface area contributed by atoms with Gasteiger partial charge in [0.05, 0.1) is 11.1 Å². The van der Waals surface area contributed by atoms with Gasteiger partial charge >= 0.3 is 6.18 Å². The van der Waals surface area contributed by atoms with E-state index in [2.05, 4.69) is 30.2 Å². The lowest BCUT2D eigenvalue weighted by Crippen LogP contribution is -2.42. The molecule has 2 saturated heterocycles. The number of fused-ring (bicyclic) bond motifs is 2. The van der Waals surface area contributed by atoms with Crippen LogP contribution >= 0.6 is 31.0 Å². The van der Waals surface area contributed by atoms with Gasteiger partial charge in [0.15, 0.2) is 0 Å². The number of anilines is 1. The zero-order valence-corrected chi connectivity index (χ0v) is 26.2. The van der Waals surface area contributed by atoms with Gasteiger partial charge in [-0.2, -0.15) is 13.2 Å². The van der Waals surface area contributed by atoms with Crippen molar-refractivity contribution < 1.29 is 17.9 Å². The molecule has 6 nitrogen and oxygen atoms in total. The second-order valence-electron chi connectivity index (χ2n) is 9.76. The highest BCUT2D eigenvalue weighted by Gasteiger charge is 2.36. The first-order chi connectivity index (χ1) is 20.0. The highest BCUT2D eigenvalue weighted by molar-refractivity contribution is 14.2. The smallest absolute Gasteiger partial charge is 0.416 e. The minimum Gasteiger partial charge on any atom is -0.488 e. The zero-order chi connectivity index (χ0) is 29.4. The van der Waals surface area contributed by atoms with Crippen LogP contribution in [0.1, 0.15) is 50.7 Å². The molecule has 0 bridgehead atoms. The second-order valence-corrected chi connectivity index (χ2v) is 9.76. The van der Waals surface area contributed by atoms with E-state index >= 15 is 0 Å². The van der Waals surface area contributed by atoms with Gasteiger partial charge in [0.1, 0.15) is 18.1 Å². The van der Waals surface area contributed by atoms with Gasteiger partial charge in [0, 0.05) is 30.4 Å². The summed E-state index contributed by atoms with van der Waals surface area (Å²) in [5, 5.41) is 12.6. The molecule has 0 amide bonds. The molecule has 220 valence electrons. The number of piperidine rings is 1. The first-order valence-electron chi connectivity index (χ1n) is 13.9. The summed E-state index contributed by atoms with van der Waals surface area (Å²) < 4.78 is 48.5. The molecule has 0 saturated carbocycles. The normalized spacial score (nSPS) is 18.5. The van der Waals surface area contributed by atoms with Crippen molar-refractivity contribution >= 4 is 42.5 Å². The van der Waals surface area contributed by atoms with Crippen LogP contribution in [0.3, 0.4) is 0 Å². The van der Waals surface area contributed by atoms with Crippen LogP contribution in [0.2, 0.25) is 0 Å². The number of benzene rings is 2. The average molecular weight is 698 g/mol. The SMILES string of the molecule is CC.FC(F)(F)c1ccc(-c2nnc(NC3CCN4CCCCC34)n3cccc23)c(OCc2ccccc2)c1.SI. The van der Waals surface area contributed by atoms with Crippen molar-refractivity contribution in [1.29, 1.82) is 0 Å². The van der Waals surface area contributed by atoms with E-state index in [4.69, 9.17) is 4.74 Å². The number of ether oxygens (including phenoxy) is 1. The highest BCUT2D eigenvalue weighted by Crippen LogP contribution is 2.39. The van der Waals surface area contributed by atoms with E-state index in [0.717, 1.165) is 42.7 Å². The van der Waals surface area contributed by atoms with Crippen molar-refractivity contribution in [2.45, 2.75) is 64.4 Å². The summed E-state index contributed by atoms with van der Waals surface area (Å²) in [5.74, 6) is 0.755. The minimum absolute atomic E-state index is 0.116. The van der Waals surface area contributed by atoms with Crippen molar-refractivity contribution in [2.75, 3.05) is 18.4 Å². The molecule has 2 fully saturated rings. The number of hydrogen-bond donors (Lipinski definition) is 2. The fourth-order valence-corrected chi connectivity index (χ4v) is 5.58. The average Bonchev–Trinajstić information content (AvgIpc) is 3.67. The first-order valence-corrected chi connectivity index (χ1v) is 17.1. The topological polar surface area (TPSA) is 54.7 Å². The van der Waals surface area contributed by atoms with E-state index in [9.17, 15) is 13.2 Å². The van der Waals surface area contributed by atoms with Crippen molar-refractivity contribution in [3.05, 3.63) is 78.0 Å². The quantitative estimate of drug-likeness (QED) is 0.157. The maximum Gasteiger partial charge on any atom is 0.416 e. The molecule has 2 aliphatic heterocycles. The fraction of sp³-hybridized carbons (Fsp3) is 0.400. The molecule has 4 aromatic rings. The molecule has 2 unspecified atom stereocenters. The Morgan fingerprint density at radius 2 is 1.76 bits per heavy atom. The van der Waals surface area contributed by atoms with Gasteiger partial charge in [0.2, 0.25) is 5.95 Å². The zero-order valence-electron chi connectivity index (χ0n) is 23.1. The molecule has 0 aliphatic carbocycles. The van der Waals surface area contributed by atoms with Crippen LogP contribution in [0.25, 0.3) is 16.8 Å². The number of aromatic nitrogens is 3. The van der Waals surface area contributed by atoms with E-state index in [1.165, 1.54) is 25.3 Å². The summed E-state index contributed by atoms with van der Waals surface area (Å²) in [6.07, 6.45) is 2.13. The Bertz CT molecular complexity index is 1400. The van der Waals surface area contributed by atoms with E-state index < -0.39 is 11.7 Å². The van der Waals surface area contributed by atoms with Gasteiger partial charge < -0.3 is 10.1 Å². The second kappa shape index (κ2) is 14.6. The van der Waals surface area contributed by atoms with Gasteiger partial charge in [-0.1, -0.05) is 50.6 Å². The summed E-state index contributed by atoms with van der Waals surface area (Å²) in [5.41, 5.74) is 1.78. The van der Waals surface area contributed by atoms with Crippen molar-refractivity contribution in [3.63, 3.8) is 0 Å². The summed E-state index contributed by atoms with van der Waals surface area (Å²) in [7, 11) is 3.50. The van der Waals surface area contributed by atoms with Crippen LogP contribution in [0.5, 0.6) is 5.75 Å². The minimum atomic E-state index is -4.48. The van der Waals surface area contributed by atoms with Gasteiger partial charge in [-0.3, -0.25) is 9.30 Å². The number of nitrogens with zero attached hydrogens (tertiary/aromatic N) is 4. The summed E-state index contributed by atoms with van der Waals surface area (Å²) in [4.78, 5) is 2.55. The van der Waals surface area contributed by atoms with Crippen LogP contribution in [0.15, 0.2) is 66.9 Å². The van der Waals surface area contributed by atoms with Crippen molar-refractivity contribution in [2.24, 2.45) is 0 Å². The molecule has 41 heavy (non-hydrogen) atoms. The van der Waals surface area contributed by atoms with Crippen LogP contribution < -0.4 is 10.1 Å². The largest absolute Gasteiger partial charge is 0.488 e. The number of alkyl halides is 3. The molecule has 2 aliphatic rings. The monoisotopic (exact) mass is 697 g/mol. The lowest BCUT2D eigenvalue weighted by molar-refractivity contribution is -0.137. The number of halogens is 4. The van der Waals surface area contributed by atoms with Gasteiger partial charge in [0.25, 0.3) is 0 Å². The maximum atomic E-state index is 13.5. The Morgan fingerprint density at radius 1 is 0.976 bits per heavy atom. The third-order valence-corrected chi connectivity index (χ3v) is 7.44. The Labute approximate surface area is 256 Å². The highest BCUT2D eigenvalue weighted by atomic mass is 127. The number of hydrogen-bond acceptors (Lipinski definition) is 6. The Morgan fingerprint density at radius 3 is 2.51 bits per heavy atom. The van der Waals surface area contributed by atoms with E-state index in [-0.39, 0.29) is 12.4 Å². The molecule has 0 spiro atoms. The predicted molar refractivity (Wildman–Crippen MR) is 170 cm³/mol. The van der Waals surface area contributed by atoms with E-state index in [1.54, 1.807) is 0 Å². The van der Waals surface area contributed by atoms with Crippen molar-refractivity contribution in [1.82, 2.24) is 19.5 Å². The third kappa shape index (κ3) is 7.29. The molecular formula is C30H35F3IN5OS. The fourth-order valence-electron chi connectivity index (χ4n) is 5.58. The number of nitrogens with one attached hydrogen (secondary N) is 1.